The molecule has 0 spiro atoms. The van der Waals surface area contributed by atoms with Gasteiger partial charge in [0.15, 0.2) is 8.32 Å². The third-order valence-corrected chi connectivity index (χ3v) is 10.2. The average Bonchev–Trinajstić information content (AvgIpc) is 2.59. The van der Waals surface area contributed by atoms with Crippen LogP contribution < -0.4 is 10.1 Å². The van der Waals surface area contributed by atoms with Gasteiger partial charge in [-0.05, 0) is 18.1 Å². The molecule has 2 heterocycles. The number of nitrogens with one attached hydrogen (secondary N) is 1. The van der Waals surface area contributed by atoms with E-state index < -0.39 is 8.32 Å². The molecule has 1 saturated heterocycles. The van der Waals surface area contributed by atoms with E-state index in [1.165, 1.54) is 0 Å². The molecule has 2 aromatic rings. The molecule has 5 nitrogen and oxygen atoms in total. The molecule has 0 unspecified atom stereocenters. The highest BCUT2D eigenvalue weighted by Crippen LogP contribution is 2.37. The normalized spacial score (nSPS) is 15.4. The van der Waals surface area contributed by atoms with Gasteiger partial charge >= 0.3 is 6.01 Å². The Balaban J connectivity index is 1.69. The number of ether oxygens (including phenoxy) is 1. The minimum absolute atomic E-state index is 0.0836. The van der Waals surface area contributed by atoms with Crippen molar-refractivity contribution in [1.82, 2.24) is 15.3 Å². The number of hydrogen-bond donors (Lipinski definition) is 1. The fourth-order valence-electron chi connectivity index (χ4n) is 2.58. The van der Waals surface area contributed by atoms with Gasteiger partial charge in [-0.1, -0.05) is 39.0 Å². The molecule has 152 valence electrons. The first kappa shape index (κ1) is 20.9. The lowest BCUT2D eigenvalue weighted by atomic mass is 10.1. The van der Waals surface area contributed by atoms with E-state index in [9.17, 15) is 0 Å². The van der Waals surface area contributed by atoms with Gasteiger partial charge in [0.1, 0.15) is 5.82 Å². The number of benzene rings is 1. The smallest absolute Gasteiger partial charge is 0.316 e. The van der Waals surface area contributed by atoms with Gasteiger partial charge in [0.05, 0.1) is 13.2 Å². The second kappa shape index (κ2) is 8.27. The number of nitrogens with zero attached hydrogens (tertiary/aromatic N) is 2. The van der Waals surface area contributed by atoms with Gasteiger partial charge in [-0.3, -0.25) is 0 Å². The van der Waals surface area contributed by atoms with E-state index >= 15 is 4.39 Å². The van der Waals surface area contributed by atoms with Crippen molar-refractivity contribution in [1.29, 1.82) is 0 Å². The Morgan fingerprint density at radius 2 is 1.86 bits per heavy atom. The first-order valence-corrected chi connectivity index (χ1v) is 12.7. The van der Waals surface area contributed by atoms with E-state index in [2.05, 4.69) is 49.1 Å². The standard InChI is InChI=1S/C21H30FN3O2Si/c1-21(2,3)28(4,5)27-14-16-7-6-8-18(19(16)22)17-11-24-20(25-12-17)26-13-15-9-23-10-15/h6-8,11-12,15,23H,9-10,13-14H2,1-5H3. The molecule has 3 rings (SSSR count). The summed E-state index contributed by atoms with van der Waals surface area (Å²) in [4.78, 5) is 8.46. The molecule has 1 fully saturated rings. The highest BCUT2D eigenvalue weighted by molar-refractivity contribution is 6.74. The van der Waals surface area contributed by atoms with Crippen LogP contribution >= 0.6 is 0 Å². The highest BCUT2D eigenvalue weighted by atomic mass is 28.4. The highest BCUT2D eigenvalue weighted by Gasteiger charge is 2.37. The van der Waals surface area contributed by atoms with Crippen LogP contribution in [0.4, 0.5) is 4.39 Å². The molecule has 1 N–H and O–H groups in total. The summed E-state index contributed by atoms with van der Waals surface area (Å²) >= 11 is 0. The minimum Gasteiger partial charge on any atom is -0.463 e. The van der Waals surface area contributed by atoms with Gasteiger partial charge in [0.2, 0.25) is 0 Å². The maximum Gasteiger partial charge on any atom is 0.316 e. The predicted molar refractivity (Wildman–Crippen MR) is 111 cm³/mol. The number of halogens is 1. The summed E-state index contributed by atoms with van der Waals surface area (Å²) < 4.78 is 26.9. The van der Waals surface area contributed by atoms with Crippen LogP contribution in [0.2, 0.25) is 18.1 Å². The van der Waals surface area contributed by atoms with Crippen LogP contribution in [0.25, 0.3) is 11.1 Å². The van der Waals surface area contributed by atoms with E-state index in [0.717, 1.165) is 13.1 Å². The lowest BCUT2D eigenvalue weighted by molar-refractivity contribution is 0.187. The minimum atomic E-state index is -1.94. The summed E-state index contributed by atoms with van der Waals surface area (Å²) in [6.07, 6.45) is 3.22. The summed E-state index contributed by atoms with van der Waals surface area (Å²) in [5, 5.41) is 3.28. The summed E-state index contributed by atoms with van der Waals surface area (Å²) in [7, 11) is -1.94. The topological polar surface area (TPSA) is 56.3 Å². The van der Waals surface area contributed by atoms with E-state index in [1.807, 2.05) is 6.07 Å². The van der Waals surface area contributed by atoms with Crippen LogP contribution in [-0.4, -0.2) is 38.0 Å². The van der Waals surface area contributed by atoms with E-state index in [0.29, 0.717) is 35.2 Å². The van der Waals surface area contributed by atoms with E-state index in [-0.39, 0.29) is 17.5 Å². The molecular formula is C21H30FN3O2Si. The number of aromatic nitrogens is 2. The lowest BCUT2D eigenvalue weighted by Gasteiger charge is -2.36. The second-order valence-corrected chi connectivity index (χ2v) is 13.7. The molecule has 0 amide bonds. The summed E-state index contributed by atoms with van der Waals surface area (Å²) in [6.45, 7) is 13.7. The largest absolute Gasteiger partial charge is 0.463 e. The number of rotatable bonds is 7. The fraction of sp³-hybridized carbons (Fsp3) is 0.524. The first-order chi connectivity index (χ1) is 13.2. The Kier molecular flexibility index (Phi) is 6.17. The van der Waals surface area contributed by atoms with Gasteiger partial charge in [-0.2, -0.15) is 0 Å². The third-order valence-electron chi connectivity index (χ3n) is 5.73. The van der Waals surface area contributed by atoms with Crippen molar-refractivity contribution in [2.75, 3.05) is 19.7 Å². The van der Waals surface area contributed by atoms with Gasteiger partial charge in [0, 0.05) is 48.1 Å². The summed E-state index contributed by atoms with van der Waals surface area (Å²) in [5.74, 6) is 0.234. The predicted octanol–water partition coefficient (Wildman–Crippen LogP) is 4.40. The van der Waals surface area contributed by atoms with Crippen molar-refractivity contribution >= 4 is 8.32 Å². The quantitative estimate of drug-likeness (QED) is 0.694. The Morgan fingerprint density at radius 3 is 2.43 bits per heavy atom. The SMILES string of the molecule is CC(C)(C)[Si](C)(C)OCc1cccc(-c2cnc(OCC3CNC3)nc2)c1F. The number of hydrogen-bond acceptors (Lipinski definition) is 5. The molecule has 1 aliphatic heterocycles. The zero-order valence-corrected chi connectivity index (χ0v) is 18.4. The molecule has 0 bridgehead atoms. The zero-order chi connectivity index (χ0) is 20.4. The van der Waals surface area contributed by atoms with Gasteiger partial charge in [-0.25, -0.2) is 14.4 Å². The van der Waals surface area contributed by atoms with Crippen LogP contribution in [0.15, 0.2) is 30.6 Å². The van der Waals surface area contributed by atoms with Gasteiger partial charge in [0.25, 0.3) is 0 Å². The van der Waals surface area contributed by atoms with E-state index in [1.54, 1.807) is 24.5 Å². The molecular weight excluding hydrogens is 373 g/mol. The molecule has 0 saturated carbocycles. The van der Waals surface area contributed by atoms with Crippen molar-refractivity contribution in [3.8, 4) is 17.1 Å². The third kappa shape index (κ3) is 4.77. The zero-order valence-electron chi connectivity index (χ0n) is 17.4. The molecule has 0 atom stereocenters. The Labute approximate surface area is 167 Å². The van der Waals surface area contributed by atoms with Gasteiger partial charge in [-0.15, -0.1) is 0 Å². The monoisotopic (exact) mass is 403 g/mol. The van der Waals surface area contributed by atoms with Crippen LogP contribution in [-0.2, 0) is 11.0 Å². The Bertz CT molecular complexity index is 802. The molecule has 1 aliphatic rings. The molecule has 1 aromatic heterocycles. The fourth-order valence-corrected chi connectivity index (χ4v) is 3.53. The summed E-state index contributed by atoms with van der Waals surface area (Å²) in [6, 6.07) is 5.69. The summed E-state index contributed by atoms with van der Waals surface area (Å²) in [5.41, 5.74) is 1.66. The molecule has 7 heteroatoms. The van der Waals surface area contributed by atoms with Crippen molar-refractivity contribution in [2.24, 2.45) is 5.92 Å². The van der Waals surface area contributed by atoms with Crippen LogP contribution in [0, 0.1) is 11.7 Å². The van der Waals surface area contributed by atoms with Gasteiger partial charge < -0.3 is 14.5 Å². The molecule has 0 aliphatic carbocycles. The maximum absolute atomic E-state index is 15.1. The van der Waals surface area contributed by atoms with E-state index in [4.69, 9.17) is 9.16 Å². The Hall–Kier alpha value is -1.83. The molecule has 0 radical (unpaired) electrons. The van der Waals surface area contributed by atoms with Crippen LogP contribution in [0.1, 0.15) is 26.3 Å². The average molecular weight is 404 g/mol. The maximum atomic E-state index is 15.1. The van der Waals surface area contributed by atoms with Crippen molar-refractivity contribution in [3.05, 3.63) is 42.0 Å². The first-order valence-electron chi connectivity index (χ1n) is 9.74. The molecule has 28 heavy (non-hydrogen) atoms. The molecule has 1 aromatic carbocycles. The van der Waals surface area contributed by atoms with Crippen LogP contribution in [0.3, 0.4) is 0 Å². The van der Waals surface area contributed by atoms with Crippen molar-refractivity contribution < 1.29 is 13.6 Å². The van der Waals surface area contributed by atoms with Crippen LogP contribution in [0.5, 0.6) is 6.01 Å². The van der Waals surface area contributed by atoms with Crippen molar-refractivity contribution in [2.45, 2.75) is 45.5 Å². The second-order valence-electron chi connectivity index (χ2n) is 8.92. The Morgan fingerprint density at radius 1 is 1.18 bits per heavy atom. The van der Waals surface area contributed by atoms with Crippen molar-refractivity contribution in [3.63, 3.8) is 0 Å². The lowest BCUT2D eigenvalue weighted by Crippen LogP contribution is -2.45.